The molecule has 0 radical (unpaired) electrons. The summed E-state index contributed by atoms with van der Waals surface area (Å²) in [6, 6.07) is 1.29. The molecule has 1 aliphatic rings. The molecule has 3 nitrogen and oxygen atoms in total. The normalized spacial score (nSPS) is 27.3. The Morgan fingerprint density at radius 3 is 2.78 bits per heavy atom. The molecule has 3 heteroatoms. The van der Waals surface area contributed by atoms with Crippen molar-refractivity contribution in [1.29, 1.82) is 0 Å². The number of morpholine rings is 1. The van der Waals surface area contributed by atoms with E-state index in [0.717, 1.165) is 19.7 Å². The van der Waals surface area contributed by atoms with Gasteiger partial charge in [-0.15, -0.1) is 0 Å². The Kier molecular flexibility index (Phi) is 7.87. The van der Waals surface area contributed by atoms with E-state index in [-0.39, 0.29) is 0 Å². The lowest BCUT2D eigenvalue weighted by molar-refractivity contribution is -0.0497. The predicted molar refractivity (Wildman–Crippen MR) is 78.1 cm³/mol. The maximum absolute atomic E-state index is 5.67. The third-order valence-electron chi connectivity index (χ3n) is 3.91. The highest BCUT2D eigenvalue weighted by atomic mass is 16.5. The molecule has 1 heterocycles. The lowest BCUT2D eigenvalue weighted by Crippen LogP contribution is -2.47. The van der Waals surface area contributed by atoms with Crippen molar-refractivity contribution in [3.8, 4) is 0 Å². The molecule has 108 valence electrons. The highest BCUT2D eigenvalue weighted by Gasteiger charge is 2.22. The molecule has 1 rings (SSSR count). The van der Waals surface area contributed by atoms with Crippen LogP contribution in [0.1, 0.15) is 53.4 Å². The maximum atomic E-state index is 5.67. The summed E-state index contributed by atoms with van der Waals surface area (Å²) < 4.78 is 5.67. The molecule has 1 aliphatic heterocycles. The Labute approximate surface area is 113 Å². The first-order chi connectivity index (χ1) is 8.67. The minimum Gasteiger partial charge on any atom is -0.376 e. The first kappa shape index (κ1) is 15.9. The summed E-state index contributed by atoms with van der Waals surface area (Å²) in [5, 5.41) is 3.63. The number of rotatable bonds is 8. The first-order valence-electron chi connectivity index (χ1n) is 7.76. The molecule has 18 heavy (non-hydrogen) atoms. The fourth-order valence-electron chi connectivity index (χ4n) is 2.62. The van der Waals surface area contributed by atoms with Crippen LogP contribution in [0.2, 0.25) is 0 Å². The van der Waals surface area contributed by atoms with Crippen LogP contribution in [-0.4, -0.2) is 49.3 Å². The number of hydrogen-bond acceptors (Lipinski definition) is 3. The summed E-state index contributed by atoms with van der Waals surface area (Å²) in [6.07, 6.45) is 5.48. The molecule has 0 bridgehead atoms. The van der Waals surface area contributed by atoms with Gasteiger partial charge in [-0.05, 0) is 52.6 Å². The average Bonchev–Trinajstić information content (AvgIpc) is 2.37. The summed E-state index contributed by atoms with van der Waals surface area (Å²) in [5.41, 5.74) is 0. The molecule has 3 unspecified atom stereocenters. The smallest absolute Gasteiger partial charge is 0.0674 e. The van der Waals surface area contributed by atoms with Crippen molar-refractivity contribution in [1.82, 2.24) is 10.2 Å². The van der Waals surface area contributed by atoms with Gasteiger partial charge in [0, 0.05) is 18.6 Å². The summed E-state index contributed by atoms with van der Waals surface area (Å²) >= 11 is 0. The second-order valence-electron chi connectivity index (χ2n) is 5.69. The zero-order valence-electron chi connectivity index (χ0n) is 12.7. The molecule has 1 N–H and O–H groups in total. The molecular weight excluding hydrogens is 224 g/mol. The van der Waals surface area contributed by atoms with Crippen molar-refractivity contribution in [3.05, 3.63) is 0 Å². The van der Waals surface area contributed by atoms with E-state index < -0.39 is 0 Å². The van der Waals surface area contributed by atoms with Gasteiger partial charge in [-0.2, -0.15) is 0 Å². The Bertz CT molecular complexity index is 211. The van der Waals surface area contributed by atoms with Crippen molar-refractivity contribution in [2.24, 2.45) is 0 Å². The Morgan fingerprint density at radius 1 is 1.33 bits per heavy atom. The molecule has 0 amide bonds. The topological polar surface area (TPSA) is 24.5 Å². The van der Waals surface area contributed by atoms with Gasteiger partial charge in [-0.3, -0.25) is 4.90 Å². The van der Waals surface area contributed by atoms with Gasteiger partial charge in [0.2, 0.25) is 0 Å². The molecule has 3 atom stereocenters. The molecule has 0 aromatic carbocycles. The molecule has 0 aromatic rings. The van der Waals surface area contributed by atoms with E-state index >= 15 is 0 Å². The minimum atomic E-state index is 0.404. The van der Waals surface area contributed by atoms with Gasteiger partial charge < -0.3 is 10.1 Å². The van der Waals surface area contributed by atoms with Crippen molar-refractivity contribution in [3.63, 3.8) is 0 Å². The van der Waals surface area contributed by atoms with E-state index in [2.05, 4.69) is 37.9 Å². The summed E-state index contributed by atoms with van der Waals surface area (Å²) in [6.45, 7) is 13.3. The van der Waals surface area contributed by atoms with Crippen LogP contribution in [0.4, 0.5) is 0 Å². The van der Waals surface area contributed by atoms with Crippen LogP contribution in [0.25, 0.3) is 0 Å². The van der Waals surface area contributed by atoms with E-state index in [1.807, 2.05) is 0 Å². The van der Waals surface area contributed by atoms with E-state index in [9.17, 15) is 0 Å². The van der Waals surface area contributed by atoms with Gasteiger partial charge in [0.1, 0.15) is 0 Å². The fourth-order valence-corrected chi connectivity index (χ4v) is 2.62. The van der Waals surface area contributed by atoms with Crippen molar-refractivity contribution in [2.45, 2.75) is 71.6 Å². The SMILES string of the molecule is CCCNC(CC)CCCN1CC(C)OCC1C. The highest BCUT2D eigenvalue weighted by molar-refractivity contribution is 4.76. The molecule has 0 saturated carbocycles. The van der Waals surface area contributed by atoms with Gasteiger partial charge in [-0.25, -0.2) is 0 Å². The second kappa shape index (κ2) is 8.89. The van der Waals surface area contributed by atoms with Gasteiger partial charge in [0.25, 0.3) is 0 Å². The summed E-state index contributed by atoms with van der Waals surface area (Å²) in [5.74, 6) is 0. The lowest BCUT2D eigenvalue weighted by Gasteiger charge is -2.37. The summed E-state index contributed by atoms with van der Waals surface area (Å²) in [4.78, 5) is 2.58. The largest absolute Gasteiger partial charge is 0.376 e. The van der Waals surface area contributed by atoms with Crippen LogP contribution in [0.15, 0.2) is 0 Å². The molecule has 0 aromatic heterocycles. The highest BCUT2D eigenvalue weighted by Crippen LogP contribution is 2.13. The first-order valence-corrected chi connectivity index (χ1v) is 7.76. The fraction of sp³-hybridized carbons (Fsp3) is 1.00. The molecule has 1 saturated heterocycles. The standard InChI is InChI=1S/C15H32N2O/c1-5-9-16-15(6-2)8-7-10-17-11-14(4)18-12-13(17)3/h13-16H,5-12H2,1-4H3. The quantitative estimate of drug-likeness (QED) is 0.722. The van der Waals surface area contributed by atoms with Gasteiger partial charge in [-0.1, -0.05) is 13.8 Å². The van der Waals surface area contributed by atoms with Gasteiger partial charge in [0.15, 0.2) is 0 Å². The Morgan fingerprint density at radius 2 is 2.11 bits per heavy atom. The van der Waals surface area contributed by atoms with Crippen molar-refractivity contribution < 1.29 is 4.74 Å². The van der Waals surface area contributed by atoms with Crippen LogP contribution in [0.5, 0.6) is 0 Å². The van der Waals surface area contributed by atoms with Crippen LogP contribution in [0, 0.1) is 0 Å². The monoisotopic (exact) mass is 256 g/mol. The van der Waals surface area contributed by atoms with E-state index in [4.69, 9.17) is 4.74 Å². The predicted octanol–water partition coefficient (Wildman–Crippen LogP) is 2.65. The van der Waals surface area contributed by atoms with E-state index in [1.54, 1.807) is 0 Å². The van der Waals surface area contributed by atoms with Crippen LogP contribution < -0.4 is 5.32 Å². The Balaban J connectivity index is 2.18. The number of nitrogens with zero attached hydrogens (tertiary/aromatic N) is 1. The van der Waals surface area contributed by atoms with E-state index in [0.29, 0.717) is 18.2 Å². The molecular formula is C15H32N2O. The zero-order chi connectivity index (χ0) is 13.4. The van der Waals surface area contributed by atoms with Crippen molar-refractivity contribution in [2.75, 3.05) is 26.2 Å². The van der Waals surface area contributed by atoms with Gasteiger partial charge >= 0.3 is 0 Å². The molecule has 0 spiro atoms. The maximum Gasteiger partial charge on any atom is 0.0674 e. The third kappa shape index (κ3) is 5.68. The van der Waals surface area contributed by atoms with Crippen LogP contribution in [-0.2, 0) is 4.74 Å². The van der Waals surface area contributed by atoms with E-state index in [1.165, 1.54) is 32.2 Å². The van der Waals surface area contributed by atoms with Crippen LogP contribution in [0.3, 0.4) is 0 Å². The van der Waals surface area contributed by atoms with Crippen LogP contribution >= 0.6 is 0 Å². The minimum absolute atomic E-state index is 0.404. The lowest BCUT2D eigenvalue weighted by atomic mass is 10.1. The van der Waals surface area contributed by atoms with Gasteiger partial charge in [0.05, 0.1) is 12.7 Å². The summed E-state index contributed by atoms with van der Waals surface area (Å²) in [7, 11) is 0. The number of hydrogen-bond donors (Lipinski definition) is 1. The Hall–Kier alpha value is -0.120. The number of nitrogens with one attached hydrogen (secondary N) is 1. The van der Waals surface area contributed by atoms with Crippen molar-refractivity contribution >= 4 is 0 Å². The second-order valence-corrected chi connectivity index (χ2v) is 5.69. The molecule has 0 aliphatic carbocycles. The number of ether oxygens (including phenoxy) is 1. The molecule has 1 fully saturated rings. The third-order valence-corrected chi connectivity index (χ3v) is 3.91. The zero-order valence-corrected chi connectivity index (χ0v) is 12.7. The average molecular weight is 256 g/mol.